The zero-order chi connectivity index (χ0) is 8.77. The summed E-state index contributed by atoms with van der Waals surface area (Å²) in [5, 5.41) is 8.81. The maximum absolute atomic E-state index is 8.81. The first-order valence-corrected chi connectivity index (χ1v) is 5.26. The summed E-state index contributed by atoms with van der Waals surface area (Å²) >= 11 is 0. The van der Waals surface area contributed by atoms with Gasteiger partial charge in [0.05, 0.1) is 0 Å². The van der Waals surface area contributed by atoms with Crippen molar-refractivity contribution in [2.24, 2.45) is 23.2 Å². The van der Waals surface area contributed by atoms with Gasteiger partial charge in [-0.25, -0.2) is 0 Å². The monoisotopic (exact) mass is 168 g/mol. The Morgan fingerprint density at radius 1 is 1.50 bits per heavy atom. The molecule has 1 nitrogen and oxygen atoms in total. The zero-order valence-corrected chi connectivity index (χ0v) is 8.21. The largest absolute Gasteiger partial charge is 0.396 e. The van der Waals surface area contributed by atoms with Gasteiger partial charge in [-0.3, -0.25) is 0 Å². The van der Waals surface area contributed by atoms with Crippen LogP contribution in [0.15, 0.2) is 0 Å². The molecule has 0 spiro atoms. The van der Waals surface area contributed by atoms with Crippen LogP contribution in [0.5, 0.6) is 0 Å². The molecule has 2 aliphatic carbocycles. The van der Waals surface area contributed by atoms with Crippen LogP contribution in [-0.2, 0) is 0 Å². The van der Waals surface area contributed by atoms with Gasteiger partial charge in [-0.1, -0.05) is 13.8 Å². The van der Waals surface area contributed by atoms with Gasteiger partial charge in [-0.05, 0) is 48.9 Å². The first kappa shape index (κ1) is 8.55. The number of rotatable bonds is 4. The highest BCUT2D eigenvalue weighted by Crippen LogP contribution is 2.61. The third-order valence-corrected chi connectivity index (χ3v) is 4.02. The van der Waals surface area contributed by atoms with Gasteiger partial charge in [-0.2, -0.15) is 0 Å². The predicted octanol–water partition coefficient (Wildman–Crippen LogP) is 2.44. The van der Waals surface area contributed by atoms with Crippen LogP contribution in [0.2, 0.25) is 0 Å². The van der Waals surface area contributed by atoms with E-state index in [1.165, 1.54) is 19.3 Å². The summed E-state index contributed by atoms with van der Waals surface area (Å²) in [7, 11) is 0. The van der Waals surface area contributed by atoms with Gasteiger partial charge in [0.15, 0.2) is 0 Å². The fourth-order valence-corrected chi connectivity index (χ4v) is 2.64. The second kappa shape index (κ2) is 2.73. The molecule has 0 amide bonds. The number of aliphatic hydroxyl groups is 1. The van der Waals surface area contributed by atoms with Crippen LogP contribution in [-0.4, -0.2) is 11.7 Å². The summed E-state index contributed by atoms with van der Waals surface area (Å²) in [6.45, 7) is 5.15. The van der Waals surface area contributed by atoms with Gasteiger partial charge in [0.1, 0.15) is 0 Å². The first-order chi connectivity index (χ1) is 5.65. The van der Waals surface area contributed by atoms with Crippen molar-refractivity contribution in [3.63, 3.8) is 0 Å². The SMILES string of the molecule is CC1CC1CC1(C)CC1CCO. The van der Waals surface area contributed by atoms with Crippen LogP contribution in [0.4, 0.5) is 0 Å². The fourth-order valence-electron chi connectivity index (χ4n) is 2.64. The molecular formula is C11H20O. The lowest BCUT2D eigenvalue weighted by Gasteiger charge is -2.09. The van der Waals surface area contributed by atoms with Crippen molar-refractivity contribution in [3.05, 3.63) is 0 Å². The van der Waals surface area contributed by atoms with Crippen molar-refractivity contribution in [1.29, 1.82) is 0 Å². The lowest BCUT2D eigenvalue weighted by Crippen LogP contribution is -2.01. The molecule has 0 bridgehead atoms. The molecule has 2 aliphatic rings. The summed E-state index contributed by atoms with van der Waals surface area (Å²) in [6.07, 6.45) is 5.30. The molecule has 1 N–H and O–H groups in total. The molecule has 0 aliphatic heterocycles. The standard InChI is InChI=1S/C11H20O/c1-8-5-9(8)6-11(2)7-10(11)3-4-12/h8-10,12H,3-7H2,1-2H3. The minimum Gasteiger partial charge on any atom is -0.396 e. The average molecular weight is 168 g/mol. The second-order valence-corrected chi connectivity index (χ2v) is 5.24. The summed E-state index contributed by atoms with van der Waals surface area (Å²) in [6, 6.07) is 0. The molecule has 4 unspecified atom stereocenters. The minimum atomic E-state index is 0.389. The third kappa shape index (κ3) is 1.52. The normalized spacial score (nSPS) is 50.8. The van der Waals surface area contributed by atoms with E-state index in [0.717, 1.165) is 24.2 Å². The van der Waals surface area contributed by atoms with E-state index in [1.54, 1.807) is 0 Å². The van der Waals surface area contributed by atoms with E-state index in [2.05, 4.69) is 13.8 Å². The van der Waals surface area contributed by atoms with Gasteiger partial charge in [0.25, 0.3) is 0 Å². The van der Waals surface area contributed by atoms with Gasteiger partial charge in [0, 0.05) is 6.61 Å². The van der Waals surface area contributed by atoms with Crippen LogP contribution >= 0.6 is 0 Å². The van der Waals surface area contributed by atoms with Crippen LogP contribution in [0.25, 0.3) is 0 Å². The molecule has 0 aromatic rings. The lowest BCUT2D eigenvalue weighted by molar-refractivity contribution is 0.265. The van der Waals surface area contributed by atoms with Gasteiger partial charge < -0.3 is 5.11 Å². The number of aliphatic hydroxyl groups excluding tert-OH is 1. The molecular weight excluding hydrogens is 148 g/mol. The lowest BCUT2D eigenvalue weighted by atomic mass is 9.97. The number of hydrogen-bond acceptors (Lipinski definition) is 1. The Bertz CT molecular complexity index is 178. The molecule has 2 fully saturated rings. The molecule has 1 heteroatoms. The molecule has 0 radical (unpaired) electrons. The summed E-state index contributed by atoms with van der Waals surface area (Å²) in [4.78, 5) is 0. The highest BCUT2D eigenvalue weighted by molar-refractivity contribution is 5.02. The van der Waals surface area contributed by atoms with Crippen LogP contribution in [0, 0.1) is 23.2 Å². The van der Waals surface area contributed by atoms with Crippen molar-refractivity contribution in [1.82, 2.24) is 0 Å². The summed E-state index contributed by atoms with van der Waals surface area (Å²) in [5.41, 5.74) is 0.623. The maximum Gasteiger partial charge on any atom is 0.0433 e. The Morgan fingerprint density at radius 2 is 2.17 bits per heavy atom. The molecule has 0 saturated heterocycles. The molecule has 0 aromatic heterocycles. The van der Waals surface area contributed by atoms with Gasteiger partial charge >= 0.3 is 0 Å². The number of hydrogen-bond donors (Lipinski definition) is 1. The summed E-state index contributed by atoms with van der Waals surface area (Å²) in [5.74, 6) is 2.87. The van der Waals surface area contributed by atoms with Gasteiger partial charge in [-0.15, -0.1) is 0 Å². The molecule has 0 heterocycles. The molecule has 2 rings (SSSR count). The van der Waals surface area contributed by atoms with Crippen molar-refractivity contribution in [2.75, 3.05) is 6.61 Å². The van der Waals surface area contributed by atoms with E-state index in [0.29, 0.717) is 12.0 Å². The van der Waals surface area contributed by atoms with Crippen LogP contribution < -0.4 is 0 Å². The van der Waals surface area contributed by atoms with E-state index in [9.17, 15) is 0 Å². The molecule has 4 atom stereocenters. The molecule has 12 heavy (non-hydrogen) atoms. The van der Waals surface area contributed by atoms with Crippen molar-refractivity contribution in [2.45, 2.75) is 39.5 Å². The van der Waals surface area contributed by atoms with Gasteiger partial charge in [0.2, 0.25) is 0 Å². The van der Waals surface area contributed by atoms with E-state index >= 15 is 0 Å². The Kier molecular flexibility index (Phi) is 1.95. The quantitative estimate of drug-likeness (QED) is 0.683. The highest BCUT2D eigenvalue weighted by Gasteiger charge is 2.52. The second-order valence-electron chi connectivity index (χ2n) is 5.24. The topological polar surface area (TPSA) is 20.2 Å². The van der Waals surface area contributed by atoms with E-state index in [4.69, 9.17) is 5.11 Å². The molecule has 70 valence electrons. The Hall–Kier alpha value is -0.0400. The average Bonchev–Trinajstić information content (AvgIpc) is 2.80. The van der Waals surface area contributed by atoms with E-state index in [1.807, 2.05) is 0 Å². The zero-order valence-electron chi connectivity index (χ0n) is 8.21. The molecule has 0 aromatic carbocycles. The highest BCUT2D eigenvalue weighted by atomic mass is 16.3. The van der Waals surface area contributed by atoms with Crippen molar-refractivity contribution < 1.29 is 5.11 Å². The first-order valence-electron chi connectivity index (χ1n) is 5.26. The van der Waals surface area contributed by atoms with Crippen molar-refractivity contribution in [3.8, 4) is 0 Å². The summed E-state index contributed by atoms with van der Waals surface area (Å²) < 4.78 is 0. The molecule has 2 saturated carbocycles. The smallest absolute Gasteiger partial charge is 0.0433 e. The predicted molar refractivity (Wildman–Crippen MR) is 49.8 cm³/mol. The Balaban J connectivity index is 1.74. The minimum absolute atomic E-state index is 0.389. The third-order valence-electron chi connectivity index (χ3n) is 4.02. The van der Waals surface area contributed by atoms with Crippen molar-refractivity contribution >= 4 is 0 Å². The Labute approximate surface area is 75.2 Å². The fraction of sp³-hybridized carbons (Fsp3) is 1.00. The Morgan fingerprint density at radius 3 is 2.67 bits per heavy atom. The van der Waals surface area contributed by atoms with E-state index in [-0.39, 0.29) is 0 Å². The maximum atomic E-state index is 8.81. The van der Waals surface area contributed by atoms with Crippen LogP contribution in [0.3, 0.4) is 0 Å². The van der Waals surface area contributed by atoms with Crippen LogP contribution in [0.1, 0.15) is 39.5 Å². The van der Waals surface area contributed by atoms with E-state index < -0.39 is 0 Å².